The molecule has 0 saturated heterocycles. The van der Waals surface area contributed by atoms with Gasteiger partial charge >= 0.3 is 0 Å². The molecule has 3 aromatic rings. The first-order chi connectivity index (χ1) is 17.1. The molecule has 1 amide bonds. The van der Waals surface area contributed by atoms with Crippen LogP contribution in [-0.4, -0.2) is 29.5 Å². The lowest BCUT2D eigenvalue weighted by molar-refractivity contribution is -0.120. The second kappa shape index (κ2) is 9.99. The molecule has 10 heteroatoms. The van der Waals surface area contributed by atoms with Gasteiger partial charge in [-0.3, -0.25) is 14.5 Å². The normalized spacial score (nSPS) is 13.8. The number of aromatic nitrogens is 2. The van der Waals surface area contributed by atoms with E-state index in [2.05, 4.69) is 26.1 Å². The molecule has 1 aliphatic carbocycles. The SMILES string of the molecule is CCc1cc(-c2cncc(C#N)c2)cc(CC)c1NC(=O)C(C)(C)c1csc(NS(=O)(=O)C2CC2)n1. The second-order valence-corrected chi connectivity index (χ2v) is 12.2. The number of aryl methyl sites for hydroxylation is 2. The molecule has 2 heterocycles. The van der Waals surface area contributed by atoms with Gasteiger partial charge in [0, 0.05) is 29.0 Å². The van der Waals surface area contributed by atoms with Crippen molar-refractivity contribution in [3.63, 3.8) is 0 Å². The van der Waals surface area contributed by atoms with Gasteiger partial charge in [0.1, 0.15) is 6.07 Å². The first-order valence-corrected chi connectivity index (χ1v) is 14.3. The minimum Gasteiger partial charge on any atom is -0.325 e. The maximum Gasteiger partial charge on any atom is 0.237 e. The van der Waals surface area contributed by atoms with Crippen molar-refractivity contribution in [1.82, 2.24) is 9.97 Å². The van der Waals surface area contributed by atoms with Gasteiger partial charge in [0.2, 0.25) is 15.9 Å². The van der Waals surface area contributed by atoms with Crippen molar-refractivity contribution in [2.24, 2.45) is 0 Å². The van der Waals surface area contributed by atoms with Crippen molar-refractivity contribution in [2.75, 3.05) is 10.0 Å². The van der Waals surface area contributed by atoms with Crippen molar-refractivity contribution < 1.29 is 13.2 Å². The summed E-state index contributed by atoms with van der Waals surface area (Å²) in [6.45, 7) is 7.62. The van der Waals surface area contributed by atoms with Crippen LogP contribution in [0.4, 0.5) is 10.8 Å². The summed E-state index contributed by atoms with van der Waals surface area (Å²) in [6.07, 6.45) is 5.99. The number of benzene rings is 1. The van der Waals surface area contributed by atoms with Gasteiger partial charge in [-0.2, -0.15) is 5.26 Å². The molecule has 4 rings (SSSR count). The smallest absolute Gasteiger partial charge is 0.237 e. The topological polar surface area (TPSA) is 125 Å². The summed E-state index contributed by atoms with van der Waals surface area (Å²) in [5.41, 5.74) is 4.53. The Bertz CT molecular complexity index is 1430. The first-order valence-electron chi connectivity index (χ1n) is 11.9. The van der Waals surface area contributed by atoms with E-state index in [1.807, 2.05) is 26.0 Å². The van der Waals surface area contributed by atoms with E-state index in [4.69, 9.17) is 0 Å². The number of hydrogen-bond donors (Lipinski definition) is 2. The number of nitriles is 1. The summed E-state index contributed by atoms with van der Waals surface area (Å²) in [6, 6.07) is 7.97. The predicted octanol–water partition coefficient (Wildman–Crippen LogP) is 5.02. The van der Waals surface area contributed by atoms with Crippen LogP contribution in [0, 0.1) is 11.3 Å². The summed E-state index contributed by atoms with van der Waals surface area (Å²) < 4.78 is 27.1. The Morgan fingerprint density at radius 3 is 2.39 bits per heavy atom. The minimum atomic E-state index is -3.42. The molecule has 0 spiro atoms. The third-order valence-electron chi connectivity index (χ3n) is 6.41. The number of carbonyl (C=O) groups excluding carboxylic acids is 1. The molecular weight excluding hydrogens is 494 g/mol. The van der Waals surface area contributed by atoms with Crippen molar-refractivity contribution in [3.8, 4) is 17.2 Å². The van der Waals surface area contributed by atoms with Gasteiger partial charge < -0.3 is 5.32 Å². The summed E-state index contributed by atoms with van der Waals surface area (Å²) in [4.78, 5) is 22.1. The van der Waals surface area contributed by atoms with Crippen LogP contribution in [0.25, 0.3) is 11.1 Å². The second-order valence-electron chi connectivity index (χ2n) is 9.41. The van der Waals surface area contributed by atoms with Crippen LogP contribution in [0.3, 0.4) is 0 Å². The van der Waals surface area contributed by atoms with Crippen LogP contribution < -0.4 is 10.0 Å². The molecule has 0 atom stereocenters. The molecule has 2 N–H and O–H groups in total. The standard InChI is InChI=1S/C26H29N5O3S2/c1-5-17-10-19(20-9-16(12-27)13-28-14-20)11-18(6-2)23(17)30-24(32)26(3,4)22-15-35-25(29-22)31-36(33,34)21-7-8-21/h9-11,13-15,21H,5-8H2,1-4H3,(H,29,31)(H,30,32). The number of sulfonamides is 1. The van der Waals surface area contributed by atoms with Gasteiger partial charge in [0.05, 0.1) is 21.9 Å². The van der Waals surface area contributed by atoms with Gasteiger partial charge in [-0.1, -0.05) is 13.8 Å². The number of carbonyl (C=O) groups is 1. The Hall–Kier alpha value is -3.29. The van der Waals surface area contributed by atoms with Gasteiger partial charge in [-0.25, -0.2) is 13.4 Å². The Balaban J connectivity index is 1.60. The van der Waals surface area contributed by atoms with Gasteiger partial charge in [-0.05, 0) is 74.4 Å². The lowest BCUT2D eigenvalue weighted by Crippen LogP contribution is -2.35. The molecule has 0 radical (unpaired) electrons. The van der Waals surface area contributed by atoms with Crippen molar-refractivity contribution in [3.05, 3.63) is 58.4 Å². The van der Waals surface area contributed by atoms with Gasteiger partial charge in [-0.15, -0.1) is 11.3 Å². The molecule has 1 aliphatic rings. The molecule has 188 valence electrons. The molecule has 2 aromatic heterocycles. The van der Waals surface area contributed by atoms with E-state index >= 15 is 0 Å². The lowest BCUT2D eigenvalue weighted by Gasteiger charge is -2.24. The van der Waals surface area contributed by atoms with Crippen LogP contribution in [-0.2, 0) is 33.1 Å². The molecule has 0 bridgehead atoms. The molecular formula is C26H29N5O3S2. The van der Waals surface area contributed by atoms with E-state index in [0.717, 1.165) is 27.9 Å². The van der Waals surface area contributed by atoms with Crippen molar-refractivity contribution in [1.29, 1.82) is 5.26 Å². The molecule has 36 heavy (non-hydrogen) atoms. The minimum absolute atomic E-state index is 0.227. The van der Waals surface area contributed by atoms with Gasteiger partial charge in [0.15, 0.2) is 5.13 Å². The fourth-order valence-corrected chi connectivity index (χ4v) is 6.36. The number of thiazole rings is 1. The zero-order chi connectivity index (χ0) is 26.1. The lowest BCUT2D eigenvalue weighted by atomic mass is 9.88. The van der Waals surface area contributed by atoms with E-state index in [0.29, 0.717) is 36.9 Å². The largest absolute Gasteiger partial charge is 0.325 e. The highest BCUT2D eigenvalue weighted by molar-refractivity contribution is 7.93. The Morgan fingerprint density at radius 1 is 1.14 bits per heavy atom. The predicted molar refractivity (Wildman–Crippen MR) is 142 cm³/mol. The van der Waals surface area contributed by atoms with Crippen LogP contribution in [0.2, 0.25) is 0 Å². The number of anilines is 2. The van der Waals surface area contributed by atoms with Crippen LogP contribution in [0.5, 0.6) is 0 Å². The number of rotatable bonds is 9. The third-order valence-corrected chi connectivity index (χ3v) is 9.12. The first kappa shape index (κ1) is 25.8. The van der Waals surface area contributed by atoms with E-state index < -0.39 is 15.4 Å². The van der Waals surface area contributed by atoms with Crippen molar-refractivity contribution in [2.45, 2.75) is 64.0 Å². The average molecular weight is 524 g/mol. The number of pyridine rings is 1. The highest BCUT2D eigenvalue weighted by Gasteiger charge is 2.37. The van der Waals surface area contributed by atoms with Crippen LogP contribution in [0.15, 0.2) is 36.0 Å². The summed E-state index contributed by atoms with van der Waals surface area (Å²) in [5, 5.41) is 14.0. The zero-order valence-electron chi connectivity index (χ0n) is 20.8. The van der Waals surface area contributed by atoms with Crippen LogP contribution >= 0.6 is 11.3 Å². The van der Waals surface area contributed by atoms with Gasteiger partial charge in [0.25, 0.3) is 0 Å². The quantitative estimate of drug-likeness (QED) is 0.406. The van der Waals surface area contributed by atoms with E-state index in [1.165, 1.54) is 17.5 Å². The maximum atomic E-state index is 13.5. The number of nitrogens with zero attached hydrogens (tertiary/aromatic N) is 3. The monoisotopic (exact) mass is 523 g/mol. The molecule has 0 unspecified atom stereocenters. The summed E-state index contributed by atoms with van der Waals surface area (Å²) >= 11 is 1.18. The number of amides is 1. The molecule has 8 nitrogen and oxygen atoms in total. The molecule has 1 aromatic carbocycles. The Morgan fingerprint density at radius 2 is 1.81 bits per heavy atom. The fourth-order valence-electron chi connectivity index (χ4n) is 3.89. The van der Waals surface area contributed by atoms with E-state index in [1.54, 1.807) is 31.5 Å². The zero-order valence-corrected chi connectivity index (χ0v) is 22.4. The van der Waals surface area contributed by atoms with E-state index in [-0.39, 0.29) is 16.3 Å². The van der Waals surface area contributed by atoms with Crippen molar-refractivity contribution >= 4 is 38.1 Å². The fraction of sp³-hybridized carbons (Fsp3) is 0.385. The third kappa shape index (κ3) is 5.27. The highest BCUT2D eigenvalue weighted by Crippen LogP contribution is 2.35. The van der Waals surface area contributed by atoms with Crippen LogP contribution in [0.1, 0.15) is 62.9 Å². The molecule has 1 saturated carbocycles. The van der Waals surface area contributed by atoms with E-state index in [9.17, 15) is 18.5 Å². The summed E-state index contributed by atoms with van der Waals surface area (Å²) in [7, 11) is -3.42. The average Bonchev–Trinajstić information content (AvgIpc) is 3.64. The molecule has 0 aliphatic heterocycles. The Labute approximate surface area is 215 Å². The Kier molecular flexibility index (Phi) is 7.16. The number of hydrogen-bond acceptors (Lipinski definition) is 7. The summed E-state index contributed by atoms with van der Waals surface area (Å²) in [5.74, 6) is -0.227. The number of nitrogens with one attached hydrogen (secondary N) is 2. The maximum absolute atomic E-state index is 13.5. The highest BCUT2D eigenvalue weighted by atomic mass is 32.2. The molecule has 1 fully saturated rings.